The molecule has 0 fully saturated rings. The Morgan fingerprint density at radius 2 is 2.05 bits per heavy atom. The van der Waals surface area contributed by atoms with Crippen molar-refractivity contribution in [2.75, 3.05) is 6.54 Å². The van der Waals surface area contributed by atoms with E-state index in [0.29, 0.717) is 6.04 Å². The highest BCUT2D eigenvalue weighted by Gasteiger charge is 2.16. The van der Waals surface area contributed by atoms with E-state index in [4.69, 9.17) is 4.42 Å². The number of likely N-dealkylation sites (N-methyl/N-ethyl adjacent to an activating group) is 1. The fraction of sp³-hybridized carbons (Fsp3) is 0.562. The Labute approximate surface area is 115 Å². The first-order valence-corrected chi connectivity index (χ1v) is 7.03. The van der Waals surface area contributed by atoms with Gasteiger partial charge in [0.2, 0.25) is 0 Å². The molecule has 1 N–H and O–H groups in total. The largest absolute Gasteiger partial charge is 0.441 e. The molecule has 2 rings (SSSR count). The summed E-state index contributed by atoms with van der Waals surface area (Å²) in [5.41, 5.74) is 3.28. The molecule has 0 aliphatic heterocycles. The monoisotopic (exact) mass is 260 g/mol. The van der Waals surface area contributed by atoms with Crippen molar-refractivity contribution >= 4 is 11.1 Å². The summed E-state index contributed by atoms with van der Waals surface area (Å²) in [6, 6.07) is 6.69. The molecule has 19 heavy (non-hydrogen) atoms. The third-order valence-corrected chi connectivity index (χ3v) is 3.33. The number of fused-ring (bicyclic) bond motifs is 1. The Balaban J connectivity index is 2.26. The Morgan fingerprint density at radius 3 is 2.68 bits per heavy atom. The minimum absolute atomic E-state index is 0.143. The minimum atomic E-state index is 0.143. The fourth-order valence-electron chi connectivity index (χ4n) is 2.21. The van der Waals surface area contributed by atoms with Crippen molar-refractivity contribution in [3.05, 3.63) is 29.7 Å². The van der Waals surface area contributed by atoms with Crippen molar-refractivity contribution in [3.63, 3.8) is 0 Å². The molecule has 3 nitrogen and oxygen atoms in total. The molecule has 2 aromatic rings. The zero-order valence-corrected chi connectivity index (χ0v) is 12.6. The summed E-state index contributed by atoms with van der Waals surface area (Å²) in [5, 5.41) is 3.37. The van der Waals surface area contributed by atoms with E-state index in [1.54, 1.807) is 0 Å². The number of rotatable bonds is 4. The van der Waals surface area contributed by atoms with Gasteiger partial charge in [0.05, 0.1) is 0 Å². The van der Waals surface area contributed by atoms with Crippen LogP contribution in [0.15, 0.2) is 22.6 Å². The van der Waals surface area contributed by atoms with Crippen LogP contribution < -0.4 is 5.32 Å². The van der Waals surface area contributed by atoms with E-state index in [1.165, 1.54) is 5.56 Å². The second-order valence-electron chi connectivity index (χ2n) is 6.20. The minimum Gasteiger partial charge on any atom is -0.441 e. The average Bonchev–Trinajstić information content (AvgIpc) is 2.68. The Morgan fingerprint density at radius 1 is 1.32 bits per heavy atom. The molecular weight excluding hydrogens is 236 g/mol. The van der Waals surface area contributed by atoms with Gasteiger partial charge in [-0.2, -0.15) is 0 Å². The lowest BCUT2D eigenvalue weighted by molar-refractivity contribution is 0.469. The second kappa shape index (κ2) is 5.33. The van der Waals surface area contributed by atoms with Crippen molar-refractivity contribution in [3.8, 4) is 0 Å². The molecular formula is C16H24N2O. The van der Waals surface area contributed by atoms with Crippen molar-refractivity contribution in [2.24, 2.45) is 0 Å². The molecule has 0 amide bonds. The molecule has 0 spiro atoms. The lowest BCUT2D eigenvalue weighted by Crippen LogP contribution is -2.27. The molecule has 0 aliphatic rings. The van der Waals surface area contributed by atoms with Gasteiger partial charge in [0.15, 0.2) is 11.5 Å². The van der Waals surface area contributed by atoms with E-state index >= 15 is 0 Å². The highest BCUT2D eigenvalue weighted by molar-refractivity contribution is 5.73. The van der Waals surface area contributed by atoms with E-state index in [-0.39, 0.29) is 5.41 Å². The lowest BCUT2D eigenvalue weighted by Gasteiger charge is -2.18. The highest BCUT2D eigenvalue weighted by Crippen LogP contribution is 2.26. The first-order valence-electron chi connectivity index (χ1n) is 7.03. The zero-order chi connectivity index (χ0) is 14.0. The molecule has 1 aromatic heterocycles. The number of nitrogens with one attached hydrogen (secondary N) is 1. The van der Waals surface area contributed by atoms with Gasteiger partial charge in [0, 0.05) is 12.5 Å². The molecule has 0 radical (unpaired) electrons. The number of nitrogens with zero attached hydrogens (tertiary/aromatic N) is 1. The Bertz CT molecular complexity index is 551. The summed E-state index contributed by atoms with van der Waals surface area (Å²) < 4.78 is 5.80. The normalized spacial score (nSPS) is 13.9. The van der Waals surface area contributed by atoms with E-state index < -0.39 is 0 Å². The van der Waals surface area contributed by atoms with Crippen LogP contribution in [0.25, 0.3) is 11.1 Å². The Hall–Kier alpha value is -1.35. The van der Waals surface area contributed by atoms with Crippen LogP contribution >= 0.6 is 0 Å². The van der Waals surface area contributed by atoms with Crippen LogP contribution in [0.4, 0.5) is 0 Å². The molecule has 0 saturated heterocycles. The summed E-state index contributed by atoms with van der Waals surface area (Å²) in [4.78, 5) is 4.60. The van der Waals surface area contributed by atoms with Crippen LogP contribution in [0.2, 0.25) is 0 Å². The summed E-state index contributed by atoms with van der Waals surface area (Å²) in [6.07, 6.45) is 0.827. The van der Waals surface area contributed by atoms with Crippen LogP contribution in [-0.4, -0.2) is 17.6 Å². The Kier molecular flexibility index (Phi) is 3.95. The maximum absolute atomic E-state index is 5.80. The second-order valence-corrected chi connectivity index (χ2v) is 6.20. The SMILES string of the molecule is CCNC(C)Cc1nc2cc(C(C)(C)C)ccc2o1. The molecule has 0 aliphatic carbocycles. The van der Waals surface area contributed by atoms with E-state index in [0.717, 1.165) is 30.0 Å². The molecule has 1 heterocycles. The van der Waals surface area contributed by atoms with Crippen molar-refractivity contribution in [2.45, 2.75) is 52.5 Å². The third-order valence-electron chi connectivity index (χ3n) is 3.33. The van der Waals surface area contributed by atoms with Gasteiger partial charge in [0.25, 0.3) is 0 Å². The first kappa shape index (κ1) is 14.1. The zero-order valence-electron chi connectivity index (χ0n) is 12.6. The predicted octanol–water partition coefficient (Wildman–Crippen LogP) is 3.67. The third kappa shape index (κ3) is 3.35. The molecule has 0 saturated carbocycles. The number of hydrogen-bond acceptors (Lipinski definition) is 3. The van der Waals surface area contributed by atoms with Gasteiger partial charge >= 0.3 is 0 Å². The van der Waals surface area contributed by atoms with Crippen LogP contribution in [0.3, 0.4) is 0 Å². The predicted molar refractivity (Wildman–Crippen MR) is 79.6 cm³/mol. The number of benzene rings is 1. The summed E-state index contributed by atoms with van der Waals surface area (Å²) >= 11 is 0. The molecule has 104 valence electrons. The topological polar surface area (TPSA) is 38.1 Å². The molecule has 1 unspecified atom stereocenters. The van der Waals surface area contributed by atoms with Crippen molar-refractivity contribution in [1.82, 2.24) is 10.3 Å². The van der Waals surface area contributed by atoms with E-state index in [2.05, 4.69) is 57.1 Å². The first-order chi connectivity index (χ1) is 8.90. The summed E-state index contributed by atoms with van der Waals surface area (Å²) in [5.74, 6) is 0.814. The molecule has 1 atom stereocenters. The summed E-state index contributed by atoms with van der Waals surface area (Å²) in [6.45, 7) is 11.9. The number of aromatic nitrogens is 1. The highest BCUT2D eigenvalue weighted by atomic mass is 16.3. The fourth-order valence-corrected chi connectivity index (χ4v) is 2.21. The van der Waals surface area contributed by atoms with Gasteiger partial charge in [-0.25, -0.2) is 4.98 Å². The van der Waals surface area contributed by atoms with E-state index in [9.17, 15) is 0 Å². The molecule has 1 aromatic carbocycles. The van der Waals surface area contributed by atoms with Crippen LogP contribution in [0.5, 0.6) is 0 Å². The van der Waals surface area contributed by atoms with E-state index in [1.807, 2.05) is 6.07 Å². The number of hydrogen-bond donors (Lipinski definition) is 1. The summed E-state index contributed by atoms with van der Waals surface area (Å²) in [7, 11) is 0. The van der Waals surface area contributed by atoms with Crippen LogP contribution in [0, 0.1) is 0 Å². The molecule has 3 heteroatoms. The van der Waals surface area contributed by atoms with Crippen LogP contribution in [0.1, 0.15) is 46.1 Å². The smallest absolute Gasteiger partial charge is 0.197 e. The standard InChI is InChI=1S/C16H24N2O/c1-6-17-11(2)9-15-18-13-10-12(16(3,4)5)7-8-14(13)19-15/h7-8,10-11,17H,6,9H2,1-5H3. The van der Waals surface area contributed by atoms with Gasteiger partial charge < -0.3 is 9.73 Å². The van der Waals surface area contributed by atoms with Crippen molar-refractivity contribution < 1.29 is 4.42 Å². The van der Waals surface area contributed by atoms with Gasteiger partial charge in [-0.3, -0.25) is 0 Å². The maximum atomic E-state index is 5.80. The maximum Gasteiger partial charge on any atom is 0.197 e. The average molecular weight is 260 g/mol. The lowest BCUT2D eigenvalue weighted by atomic mass is 9.87. The van der Waals surface area contributed by atoms with Gasteiger partial charge in [-0.15, -0.1) is 0 Å². The van der Waals surface area contributed by atoms with Gasteiger partial charge in [0.1, 0.15) is 5.52 Å². The quantitative estimate of drug-likeness (QED) is 0.911. The van der Waals surface area contributed by atoms with Gasteiger partial charge in [-0.05, 0) is 36.6 Å². The van der Waals surface area contributed by atoms with Crippen molar-refractivity contribution in [1.29, 1.82) is 0 Å². The van der Waals surface area contributed by atoms with Crippen LogP contribution in [-0.2, 0) is 11.8 Å². The number of oxazole rings is 1. The molecule has 0 bridgehead atoms. The van der Waals surface area contributed by atoms with Gasteiger partial charge in [-0.1, -0.05) is 33.8 Å².